The lowest BCUT2D eigenvalue weighted by Crippen LogP contribution is -2.25. The van der Waals surface area contributed by atoms with Gasteiger partial charge in [-0.3, -0.25) is 19.0 Å². The number of hydrogen-bond donors (Lipinski definition) is 3. The van der Waals surface area contributed by atoms with Gasteiger partial charge in [0.25, 0.3) is 5.56 Å². The number of fused-ring (bicyclic) bond motifs is 1. The highest BCUT2D eigenvalue weighted by Gasteiger charge is 2.09. The Morgan fingerprint density at radius 3 is 2.61 bits per heavy atom. The summed E-state index contributed by atoms with van der Waals surface area (Å²) in [6.45, 7) is 3.46. The Morgan fingerprint density at radius 2 is 1.89 bits per heavy atom. The lowest BCUT2D eigenvalue weighted by atomic mass is 10.1. The van der Waals surface area contributed by atoms with Crippen molar-refractivity contribution in [2.75, 3.05) is 10.6 Å². The number of benzene rings is 2. The van der Waals surface area contributed by atoms with Crippen molar-refractivity contribution >= 4 is 46.3 Å². The van der Waals surface area contributed by atoms with Crippen LogP contribution in [0.1, 0.15) is 18.9 Å². The molecule has 1 heterocycles. The van der Waals surface area contributed by atoms with Gasteiger partial charge in [-0.2, -0.15) is 0 Å². The predicted octanol–water partition coefficient (Wildman–Crippen LogP) is 3.35. The average Bonchev–Trinajstić information content (AvgIpc) is 2.63. The van der Waals surface area contributed by atoms with Crippen LogP contribution >= 0.6 is 12.2 Å². The highest BCUT2D eigenvalue weighted by molar-refractivity contribution is 7.71. The number of para-hydroxylation sites is 1. The minimum atomic E-state index is -0.235. The van der Waals surface area contributed by atoms with Gasteiger partial charge in [-0.25, -0.2) is 0 Å². The largest absolute Gasteiger partial charge is 0.332 e. The molecule has 28 heavy (non-hydrogen) atoms. The molecule has 1 aromatic heterocycles. The first kappa shape index (κ1) is 19.5. The Morgan fingerprint density at radius 1 is 1.14 bits per heavy atom. The van der Waals surface area contributed by atoms with Crippen molar-refractivity contribution in [3.63, 3.8) is 0 Å². The maximum Gasteiger partial charge on any atom is 0.262 e. The van der Waals surface area contributed by atoms with E-state index >= 15 is 0 Å². The number of aromatic amines is 1. The maximum absolute atomic E-state index is 12.6. The quantitative estimate of drug-likeness (QED) is 0.576. The van der Waals surface area contributed by atoms with Gasteiger partial charge >= 0.3 is 0 Å². The number of anilines is 2. The second-order valence-electron chi connectivity index (χ2n) is 6.44. The summed E-state index contributed by atoms with van der Waals surface area (Å²) in [6, 6.07) is 12.3. The van der Waals surface area contributed by atoms with Crippen LogP contribution < -0.4 is 16.2 Å². The molecule has 3 N–H and O–H groups in total. The summed E-state index contributed by atoms with van der Waals surface area (Å²) in [5, 5.41) is 6.05. The predicted molar refractivity (Wildman–Crippen MR) is 112 cm³/mol. The van der Waals surface area contributed by atoms with Gasteiger partial charge < -0.3 is 15.6 Å². The van der Waals surface area contributed by atoms with E-state index in [2.05, 4.69) is 15.6 Å². The highest BCUT2D eigenvalue weighted by atomic mass is 32.1. The molecule has 0 aliphatic heterocycles. The van der Waals surface area contributed by atoms with Crippen LogP contribution in [0.2, 0.25) is 0 Å². The van der Waals surface area contributed by atoms with Gasteiger partial charge in [0.05, 0.1) is 10.9 Å². The van der Waals surface area contributed by atoms with E-state index in [0.717, 1.165) is 5.56 Å². The first-order valence-electron chi connectivity index (χ1n) is 8.75. The van der Waals surface area contributed by atoms with Gasteiger partial charge in [-0.05, 0) is 55.0 Å². The van der Waals surface area contributed by atoms with Gasteiger partial charge in [0.1, 0.15) is 0 Å². The Hall–Kier alpha value is -3.26. The molecular weight excluding hydrogens is 376 g/mol. The first-order chi connectivity index (χ1) is 13.3. The SMILES string of the molecule is CC(=O)Nc1ccc(NC(=O)CCn2c(=S)[nH]c3ccccc3c2=O)cc1C. The molecule has 0 bridgehead atoms. The zero-order valence-electron chi connectivity index (χ0n) is 15.5. The summed E-state index contributed by atoms with van der Waals surface area (Å²) < 4.78 is 1.68. The van der Waals surface area contributed by atoms with E-state index in [0.29, 0.717) is 22.3 Å². The third kappa shape index (κ3) is 4.34. The monoisotopic (exact) mass is 396 g/mol. The Kier molecular flexibility index (Phi) is 5.70. The van der Waals surface area contributed by atoms with E-state index in [1.807, 2.05) is 13.0 Å². The third-order valence-electron chi connectivity index (χ3n) is 4.27. The molecule has 0 unspecified atom stereocenters. The molecule has 0 spiro atoms. The van der Waals surface area contributed by atoms with Crippen molar-refractivity contribution in [3.8, 4) is 0 Å². The number of aromatic nitrogens is 2. The van der Waals surface area contributed by atoms with Gasteiger partial charge in [-0.15, -0.1) is 0 Å². The molecule has 0 fully saturated rings. The lowest BCUT2D eigenvalue weighted by Gasteiger charge is -2.11. The van der Waals surface area contributed by atoms with Crippen LogP contribution in [-0.2, 0) is 16.1 Å². The van der Waals surface area contributed by atoms with Gasteiger partial charge in [0.2, 0.25) is 11.8 Å². The number of carbonyl (C=O) groups excluding carboxylic acids is 2. The topological polar surface area (TPSA) is 96.0 Å². The van der Waals surface area contributed by atoms with E-state index in [1.54, 1.807) is 36.4 Å². The number of hydrogen-bond acceptors (Lipinski definition) is 4. The van der Waals surface area contributed by atoms with E-state index in [1.165, 1.54) is 11.5 Å². The summed E-state index contributed by atoms with van der Waals surface area (Å²) in [5.74, 6) is -0.390. The van der Waals surface area contributed by atoms with Crippen LogP contribution in [0.15, 0.2) is 47.3 Å². The highest BCUT2D eigenvalue weighted by Crippen LogP contribution is 2.20. The summed E-state index contributed by atoms with van der Waals surface area (Å²) in [5.41, 5.74) is 2.60. The molecular formula is C20H20N4O3S. The van der Waals surface area contributed by atoms with Crippen LogP contribution in [0.3, 0.4) is 0 Å². The number of nitrogens with zero attached hydrogens (tertiary/aromatic N) is 1. The lowest BCUT2D eigenvalue weighted by molar-refractivity contribution is -0.116. The van der Waals surface area contributed by atoms with Crippen LogP contribution in [-0.4, -0.2) is 21.4 Å². The maximum atomic E-state index is 12.6. The average molecular weight is 396 g/mol. The van der Waals surface area contributed by atoms with Crippen molar-refractivity contribution in [1.82, 2.24) is 9.55 Å². The van der Waals surface area contributed by atoms with Crippen molar-refractivity contribution in [2.24, 2.45) is 0 Å². The Bertz CT molecular complexity index is 1180. The fourth-order valence-corrected chi connectivity index (χ4v) is 3.19. The number of nitrogens with one attached hydrogen (secondary N) is 3. The fourth-order valence-electron chi connectivity index (χ4n) is 2.91. The molecule has 0 saturated heterocycles. The van der Waals surface area contributed by atoms with E-state index in [-0.39, 0.29) is 35.1 Å². The van der Waals surface area contributed by atoms with Crippen molar-refractivity contribution in [2.45, 2.75) is 26.8 Å². The molecule has 144 valence electrons. The standard InChI is InChI=1S/C20H20N4O3S/c1-12-11-14(7-8-16(12)21-13(2)25)22-18(26)9-10-24-19(27)15-5-3-4-6-17(15)23-20(24)28/h3-8,11H,9-10H2,1-2H3,(H,21,25)(H,22,26)(H,23,28). The fraction of sp³-hybridized carbons (Fsp3) is 0.200. The van der Waals surface area contributed by atoms with Crippen molar-refractivity contribution in [1.29, 1.82) is 0 Å². The van der Waals surface area contributed by atoms with E-state index in [4.69, 9.17) is 12.2 Å². The number of amides is 2. The van der Waals surface area contributed by atoms with E-state index < -0.39 is 0 Å². The smallest absolute Gasteiger partial charge is 0.262 e. The minimum absolute atomic E-state index is 0.0994. The van der Waals surface area contributed by atoms with Gasteiger partial charge in [-0.1, -0.05) is 12.1 Å². The summed E-state index contributed by atoms with van der Waals surface area (Å²) >= 11 is 5.26. The van der Waals surface area contributed by atoms with Crippen LogP contribution in [0, 0.1) is 11.7 Å². The molecule has 3 rings (SSSR count). The van der Waals surface area contributed by atoms with E-state index in [9.17, 15) is 14.4 Å². The molecule has 0 saturated carbocycles. The molecule has 2 aromatic carbocycles. The molecule has 7 nitrogen and oxygen atoms in total. The summed E-state index contributed by atoms with van der Waals surface area (Å²) in [4.78, 5) is 39.1. The molecule has 3 aromatic rings. The van der Waals surface area contributed by atoms with Gasteiger partial charge in [0, 0.05) is 31.3 Å². The minimum Gasteiger partial charge on any atom is -0.332 e. The molecule has 8 heteroatoms. The second-order valence-corrected chi connectivity index (χ2v) is 6.83. The number of rotatable bonds is 5. The second kappa shape index (κ2) is 8.18. The number of H-pyrrole nitrogens is 1. The molecule has 0 atom stereocenters. The van der Waals surface area contributed by atoms with Gasteiger partial charge in [0.15, 0.2) is 4.77 Å². The molecule has 0 aliphatic rings. The molecule has 2 amide bonds. The summed E-state index contributed by atoms with van der Waals surface area (Å²) in [7, 11) is 0. The number of carbonyl (C=O) groups is 2. The van der Waals surface area contributed by atoms with Crippen LogP contribution in [0.4, 0.5) is 11.4 Å². The number of aryl methyl sites for hydroxylation is 1. The van der Waals surface area contributed by atoms with Crippen LogP contribution in [0.25, 0.3) is 10.9 Å². The molecule has 0 aliphatic carbocycles. The summed E-state index contributed by atoms with van der Waals surface area (Å²) in [6.07, 6.45) is 0.0994. The zero-order valence-corrected chi connectivity index (χ0v) is 16.4. The molecule has 0 radical (unpaired) electrons. The first-order valence-corrected chi connectivity index (χ1v) is 9.16. The zero-order chi connectivity index (χ0) is 20.3. The van der Waals surface area contributed by atoms with Crippen molar-refractivity contribution < 1.29 is 9.59 Å². The Labute approximate surface area is 166 Å². The normalized spacial score (nSPS) is 10.6. The van der Waals surface area contributed by atoms with Crippen LogP contribution in [0.5, 0.6) is 0 Å². The Balaban J connectivity index is 1.71. The third-order valence-corrected chi connectivity index (χ3v) is 4.60. The van der Waals surface area contributed by atoms with Crippen molar-refractivity contribution in [3.05, 3.63) is 63.2 Å².